The molecule has 0 radical (unpaired) electrons. The van der Waals surface area contributed by atoms with Gasteiger partial charge in [-0.15, -0.1) is 0 Å². The highest BCUT2D eigenvalue weighted by molar-refractivity contribution is 6.13. The maximum atomic E-state index is 14.4. The molecule has 1 heterocycles. The van der Waals surface area contributed by atoms with Crippen LogP contribution >= 0.6 is 0 Å². The molecule has 1 fully saturated rings. The third-order valence-corrected chi connectivity index (χ3v) is 6.21. The van der Waals surface area contributed by atoms with E-state index >= 15 is 0 Å². The maximum Gasteiger partial charge on any atom is 0.165 e. The standard InChI is InChI=1S/C25H35FN6O2/c1-25(2)15-31-9-8-19(25)16-4-6-17(7-5-16)32(30)14-22(28)24(29)18-12-20(26)23(13-21(18)27)34-11-10-33-3/h4-7,12-14,19,29,31H,8-11,15,27-28,30H2,1-3H3/b22-14-,29-24?. The highest BCUT2D eigenvalue weighted by Crippen LogP contribution is 2.40. The second kappa shape index (κ2) is 10.9. The minimum Gasteiger partial charge on any atom is -0.488 e. The number of hydrogen-bond donors (Lipinski definition) is 5. The van der Waals surface area contributed by atoms with Gasteiger partial charge in [-0.1, -0.05) is 26.0 Å². The van der Waals surface area contributed by atoms with Gasteiger partial charge >= 0.3 is 0 Å². The average molecular weight is 471 g/mol. The van der Waals surface area contributed by atoms with Crippen molar-refractivity contribution < 1.29 is 13.9 Å². The van der Waals surface area contributed by atoms with Crippen molar-refractivity contribution in [2.75, 3.05) is 44.2 Å². The van der Waals surface area contributed by atoms with Crippen LogP contribution in [0.4, 0.5) is 15.8 Å². The van der Waals surface area contributed by atoms with Crippen molar-refractivity contribution >= 4 is 17.1 Å². The van der Waals surface area contributed by atoms with Gasteiger partial charge < -0.3 is 26.3 Å². The number of nitrogens with zero attached hydrogens (tertiary/aromatic N) is 1. The zero-order valence-electron chi connectivity index (χ0n) is 20.0. The van der Waals surface area contributed by atoms with E-state index in [-0.39, 0.29) is 40.4 Å². The summed E-state index contributed by atoms with van der Waals surface area (Å²) in [5, 5.41) is 13.2. The fraction of sp³-hybridized carbons (Fsp3) is 0.400. The zero-order valence-corrected chi connectivity index (χ0v) is 20.0. The Morgan fingerprint density at radius 2 is 1.97 bits per heavy atom. The monoisotopic (exact) mass is 470 g/mol. The molecule has 1 unspecified atom stereocenters. The molecule has 2 aromatic carbocycles. The summed E-state index contributed by atoms with van der Waals surface area (Å²) in [4.78, 5) is 0. The predicted molar refractivity (Wildman–Crippen MR) is 134 cm³/mol. The van der Waals surface area contributed by atoms with Crippen LogP contribution in [-0.4, -0.2) is 39.1 Å². The van der Waals surface area contributed by atoms with Crippen LogP contribution in [0, 0.1) is 16.6 Å². The summed E-state index contributed by atoms with van der Waals surface area (Å²) < 4.78 is 24.6. The van der Waals surface area contributed by atoms with E-state index in [1.807, 2.05) is 12.1 Å². The van der Waals surface area contributed by atoms with Crippen LogP contribution in [0.2, 0.25) is 0 Å². The second-order valence-corrected chi connectivity index (χ2v) is 9.18. The number of methoxy groups -OCH3 is 1. The predicted octanol–water partition coefficient (Wildman–Crippen LogP) is 3.08. The van der Waals surface area contributed by atoms with E-state index in [1.165, 1.54) is 29.9 Å². The Balaban J connectivity index is 1.73. The van der Waals surface area contributed by atoms with Gasteiger partial charge in [0.2, 0.25) is 0 Å². The quantitative estimate of drug-likeness (QED) is 0.125. The lowest BCUT2D eigenvalue weighted by Crippen LogP contribution is -2.41. The molecule has 1 atom stereocenters. The smallest absolute Gasteiger partial charge is 0.165 e. The lowest BCUT2D eigenvalue weighted by Gasteiger charge is -2.39. The molecule has 8 N–H and O–H groups in total. The van der Waals surface area contributed by atoms with Gasteiger partial charge in [-0.25, -0.2) is 10.2 Å². The third-order valence-electron chi connectivity index (χ3n) is 6.21. The molecule has 0 spiro atoms. The molecule has 8 nitrogen and oxygen atoms in total. The SMILES string of the molecule is COCCOc1cc(N)c(C(=N)/C(N)=C/N(N)c2ccc(C3CCNCC3(C)C)cc2)cc1F. The molecule has 3 rings (SSSR count). The van der Waals surface area contributed by atoms with E-state index in [4.69, 9.17) is 32.2 Å². The molecule has 0 aliphatic carbocycles. The average Bonchev–Trinajstić information content (AvgIpc) is 2.80. The summed E-state index contributed by atoms with van der Waals surface area (Å²) in [6.07, 6.45) is 2.50. The van der Waals surface area contributed by atoms with Gasteiger partial charge in [0.25, 0.3) is 0 Å². The van der Waals surface area contributed by atoms with Crippen LogP contribution in [0.3, 0.4) is 0 Å². The van der Waals surface area contributed by atoms with Crippen molar-refractivity contribution in [3.05, 3.63) is 65.2 Å². The van der Waals surface area contributed by atoms with Crippen LogP contribution in [0.15, 0.2) is 48.3 Å². The van der Waals surface area contributed by atoms with E-state index in [9.17, 15) is 4.39 Å². The van der Waals surface area contributed by atoms with Gasteiger partial charge in [0.1, 0.15) is 6.61 Å². The Bertz CT molecular complexity index is 1040. The molecule has 0 amide bonds. The first-order valence-electron chi connectivity index (χ1n) is 11.3. The first kappa shape index (κ1) is 25.5. The highest BCUT2D eigenvalue weighted by atomic mass is 19.1. The molecule has 1 saturated heterocycles. The number of nitrogens with one attached hydrogen (secondary N) is 2. The number of halogens is 1. The van der Waals surface area contributed by atoms with Gasteiger partial charge in [0.15, 0.2) is 11.6 Å². The van der Waals surface area contributed by atoms with E-state index in [2.05, 4.69) is 31.3 Å². The maximum absolute atomic E-state index is 14.4. The number of nitrogen functional groups attached to an aromatic ring is 1. The van der Waals surface area contributed by atoms with Gasteiger partial charge in [-0.3, -0.25) is 10.4 Å². The number of hydrogen-bond acceptors (Lipinski definition) is 8. The molecule has 1 aliphatic heterocycles. The van der Waals surface area contributed by atoms with Gasteiger partial charge in [0, 0.05) is 37.2 Å². The summed E-state index contributed by atoms with van der Waals surface area (Å²) in [6.45, 7) is 7.03. The van der Waals surface area contributed by atoms with Crippen LogP contribution in [-0.2, 0) is 4.74 Å². The van der Waals surface area contributed by atoms with E-state index in [0.717, 1.165) is 25.6 Å². The van der Waals surface area contributed by atoms with Gasteiger partial charge in [-0.2, -0.15) is 0 Å². The van der Waals surface area contributed by atoms with Gasteiger partial charge in [-0.05, 0) is 48.1 Å². The lowest BCUT2D eigenvalue weighted by atomic mass is 9.71. The lowest BCUT2D eigenvalue weighted by molar-refractivity contribution is 0.144. The molecular weight excluding hydrogens is 435 g/mol. The first-order chi connectivity index (χ1) is 16.1. The van der Waals surface area contributed by atoms with Gasteiger partial charge in [0.05, 0.1) is 23.7 Å². The minimum absolute atomic E-state index is 0.00823. The third kappa shape index (κ3) is 5.85. The molecule has 0 bridgehead atoms. The highest BCUT2D eigenvalue weighted by Gasteiger charge is 2.33. The molecule has 2 aromatic rings. The Kier molecular flexibility index (Phi) is 8.14. The number of anilines is 2. The summed E-state index contributed by atoms with van der Waals surface area (Å²) in [6, 6.07) is 10.5. The van der Waals surface area contributed by atoms with Crippen LogP contribution in [0.5, 0.6) is 5.75 Å². The first-order valence-corrected chi connectivity index (χ1v) is 11.3. The minimum atomic E-state index is -0.640. The number of allylic oxidation sites excluding steroid dienone is 1. The van der Waals surface area contributed by atoms with Crippen molar-refractivity contribution in [3.8, 4) is 5.75 Å². The molecule has 0 aromatic heterocycles. The Morgan fingerprint density at radius 1 is 1.26 bits per heavy atom. The topological polar surface area (TPSA) is 136 Å². The van der Waals surface area contributed by atoms with Crippen LogP contribution < -0.4 is 32.4 Å². The zero-order chi connectivity index (χ0) is 24.9. The Morgan fingerprint density at radius 3 is 2.62 bits per heavy atom. The number of benzene rings is 2. The largest absolute Gasteiger partial charge is 0.488 e. The van der Waals surface area contributed by atoms with Crippen molar-refractivity contribution in [1.29, 1.82) is 5.41 Å². The van der Waals surface area contributed by atoms with Crippen molar-refractivity contribution in [2.24, 2.45) is 17.0 Å². The summed E-state index contributed by atoms with van der Waals surface area (Å²) in [7, 11) is 1.53. The molecule has 0 saturated carbocycles. The molecule has 1 aliphatic rings. The summed E-state index contributed by atoms with van der Waals surface area (Å²) in [5.41, 5.74) is 14.5. The Hall–Kier alpha value is -3.14. The summed E-state index contributed by atoms with van der Waals surface area (Å²) in [5.74, 6) is 6.00. The molecular formula is C25H35FN6O2. The fourth-order valence-electron chi connectivity index (χ4n) is 4.24. The van der Waals surface area contributed by atoms with Crippen LogP contribution in [0.1, 0.15) is 37.3 Å². The normalized spacial score (nSPS) is 17.9. The second-order valence-electron chi connectivity index (χ2n) is 9.18. The fourth-order valence-corrected chi connectivity index (χ4v) is 4.24. The Labute approximate surface area is 200 Å². The molecule has 34 heavy (non-hydrogen) atoms. The number of ether oxygens (including phenoxy) is 2. The van der Waals surface area contributed by atoms with Crippen molar-refractivity contribution in [1.82, 2.24) is 5.32 Å². The molecule has 9 heteroatoms. The number of piperidine rings is 1. The summed E-state index contributed by atoms with van der Waals surface area (Å²) >= 11 is 0. The number of rotatable bonds is 9. The van der Waals surface area contributed by atoms with E-state index in [0.29, 0.717) is 18.2 Å². The number of nitrogens with two attached hydrogens (primary N) is 3. The van der Waals surface area contributed by atoms with E-state index < -0.39 is 5.82 Å². The van der Waals surface area contributed by atoms with Crippen molar-refractivity contribution in [2.45, 2.75) is 26.2 Å². The number of hydrazine groups is 1. The van der Waals surface area contributed by atoms with Crippen LogP contribution in [0.25, 0.3) is 0 Å². The van der Waals surface area contributed by atoms with Crippen molar-refractivity contribution in [3.63, 3.8) is 0 Å². The molecule has 184 valence electrons. The van der Waals surface area contributed by atoms with E-state index in [1.54, 1.807) is 0 Å².